The molecular formula is C40H60N4O13. The number of rotatable bonds is 32. The van der Waals surface area contributed by atoms with Crippen LogP contribution >= 0.6 is 0 Å². The number of nitrogens with one attached hydrogen (secondary N) is 2. The van der Waals surface area contributed by atoms with Gasteiger partial charge in [0.15, 0.2) is 5.52 Å². The maximum Gasteiger partial charge on any atom is 0.330 e. The number of esters is 1. The topological polar surface area (TPSA) is 193 Å². The van der Waals surface area contributed by atoms with Gasteiger partial charge in [-0.1, -0.05) is 43.5 Å². The maximum atomic E-state index is 12.7. The van der Waals surface area contributed by atoms with E-state index in [-0.39, 0.29) is 18.7 Å². The largest absolute Gasteiger partial charge is 0.460 e. The average molecular weight is 805 g/mol. The highest BCUT2D eigenvalue weighted by Gasteiger charge is 2.19. The minimum Gasteiger partial charge on any atom is -0.460 e. The Kier molecular flexibility index (Phi) is 23.0. The quantitative estimate of drug-likeness (QED) is 0.0532. The van der Waals surface area contributed by atoms with Crippen LogP contribution in [0.1, 0.15) is 37.7 Å². The molecule has 0 atom stereocenters. The Morgan fingerprint density at radius 3 is 1.63 bits per heavy atom. The fraction of sp³-hybridized carbons (Fsp3) is 0.650. The lowest BCUT2D eigenvalue weighted by atomic mass is 9.89. The third kappa shape index (κ3) is 18.6. The summed E-state index contributed by atoms with van der Waals surface area (Å²) in [6.45, 7) is 8.68. The first-order valence-corrected chi connectivity index (χ1v) is 19.8. The molecular weight excluding hydrogens is 744 g/mol. The second-order valence-electron chi connectivity index (χ2n) is 13.2. The fourth-order valence-electron chi connectivity index (χ4n) is 5.93. The lowest BCUT2D eigenvalue weighted by molar-refractivity contribution is -0.139. The van der Waals surface area contributed by atoms with Gasteiger partial charge in [-0.05, 0) is 30.4 Å². The van der Waals surface area contributed by atoms with E-state index in [9.17, 15) is 14.4 Å². The van der Waals surface area contributed by atoms with Gasteiger partial charge in [-0.2, -0.15) is 0 Å². The summed E-state index contributed by atoms with van der Waals surface area (Å²) < 4.78 is 55.2. The molecule has 0 bridgehead atoms. The van der Waals surface area contributed by atoms with E-state index in [4.69, 9.17) is 47.4 Å². The molecule has 57 heavy (non-hydrogen) atoms. The normalized spacial score (nSPS) is 13.6. The van der Waals surface area contributed by atoms with E-state index in [0.717, 1.165) is 36.8 Å². The Balaban J connectivity index is 0.943. The number of benzene rings is 1. The standard InChI is InChI=1S/C40H60N4O13/c1-48-13-14-49-15-16-50-17-18-51-19-20-52-21-22-53-23-24-54-25-26-55-27-28-56-29-30-57-35(45)12-9-32-7-10-34(11-8-32)37-41-36-38(42-37)44(40(47)43-39(36)46)31-33-5-3-2-4-6-33/h7-12,33H,2-6,13-31H2,1H3,(H,41,42)(H,43,46,47)/b12-9+. The zero-order chi connectivity index (χ0) is 40.2. The first-order valence-electron chi connectivity index (χ1n) is 19.8. The third-order valence-electron chi connectivity index (χ3n) is 8.90. The molecule has 0 unspecified atom stereocenters. The SMILES string of the molecule is COCCOCCOCCOCCOCCOCCOCCOCCOCCOC(=O)/C=C/c1ccc(-c2nc3c(=O)[nH]c(=O)n(CC4CCCCC4)c3[nH]2)cc1. The summed E-state index contributed by atoms with van der Waals surface area (Å²) in [5.74, 6) is 0.397. The molecule has 1 aliphatic rings. The van der Waals surface area contributed by atoms with Crippen LogP contribution in [0.3, 0.4) is 0 Å². The Bertz CT molecular complexity index is 1670. The van der Waals surface area contributed by atoms with Crippen molar-refractivity contribution in [3.8, 4) is 11.4 Å². The predicted octanol–water partition coefficient (Wildman–Crippen LogP) is 3.00. The van der Waals surface area contributed by atoms with E-state index in [0.29, 0.717) is 130 Å². The number of aromatic nitrogens is 4. The van der Waals surface area contributed by atoms with Crippen LogP contribution in [0.15, 0.2) is 39.9 Å². The van der Waals surface area contributed by atoms with Crippen LogP contribution < -0.4 is 11.2 Å². The molecule has 1 fully saturated rings. The summed E-state index contributed by atoms with van der Waals surface area (Å²) in [5.41, 5.74) is 1.22. The molecule has 2 N–H and O–H groups in total. The number of carbonyl (C=O) groups is 1. The van der Waals surface area contributed by atoms with Crippen molar-refractivity contribution < 1.29 is 52.2 Å². The van der Waals surface area contributed by atoms with Crippen molar-refractivity contribution in [1.29, 1.82) is 0 Å². The van der Waals surface area contributed by atoms with E-state index >= 15 is 0 Å². The van der Waals surface area contributed by atoms with Crippen molar-refractivity contribution in [2.24, 2.45) is 5.92 Å². The van der Waals surface area contributed by atoms with Crippen molar-refractivity contribution in [3.63, 3.8) is 0 Å². The van der Waals surface area contributed by atoms with Gasteiger partial charge in [0.25, 0.3) is 5.56 Å². The molecule has 2 heterocycles. The van der Waals surface area contributed by atoms with Crippen LogP contribution in [0.2, 0.25) is 0 Å². The van der Waals surface area contributed by atoms with Crippen LogP contribution in [0.4, 0.5) is 0 Å². The number of carbonyl (C=O) groups excluding carboxylic acids is 1. The summed E-state index contributed by atoms with van der Waals surface area (Å²) in [7, 11) is 1.64. The second-order valence-corrected chi connectivity index (χ2v) is 13.2. The van der Waals surface area contributed by atoms with E-state index in [1.807, 2.05) is 24.3 Å². The Morgan fingerprint density at radius 1 is 0.667 bits per heavy atom. The van der Waals surface area contributed by atoms with Gasteiger partial charge < -0.3 is 52.4 Å². The molecule has 4 rings (SSSR count). The van der Waals surface area contributed by atoms with Crippen molar-refractivity contribution in [3.05, 3.63) is 56.7 Å². The highest BCUT2D eigenvalue weighted by molar-refractivity contribution is 5.87. The minimum absolute atomic E-state index is 0.115. The molecule has 0 radical (unpaired) electrons. The number of hydrogen-bond donors (Lipinski definition) is 2. The summed E-state index contributed by atoms with van der Waals surface area (Å²) in [4.78, 5) is 47.5. The first-order chi connectivity index (χ1) is 28.0. The Labute approximate surface area is 333 Å². The summed E-state index contributed by atoms with van der Waals surface area (Å²) >= 11 is 0. The first kappa shape index (κ1) is 45.9. The van der Waals surface area contributed by atoms with Gasteiger partial charge in [0.05, 0.1) is 112 Å². The van der Waals surface area contributed by atoms with Crippen molar-refractivity contribution >= 4 is 23.2 Å². The van der Waals surface area contributed by atoms with Crippen LogP contribution in [-0.2, 0) is 58.7 Å². The lowest BCUT2D eigenvalue weighted by Gasteiger charge is -2.22. The number of fused-ring (bicyclic) bond motifs is 1. The van der Waals surface area contributed by atoms with Gasteiger partial charge in [0.2, 0.25) is 0 Å². The molecule has 3 aromatic rings. The van der Waals surface area contributed by atoms with E-state index in [1.54, 1.807) is 17.8 Å². The highest BCUT2D eigenvalue weighted by atomic mass is 16.6. The third-order valence-corrected chi connectivity index (χ3v) is 8.90. The molecule has 1 aliphatic carbocycles. The molecule has 17 nitrogen and oxygen atoms in total. The van der Waals surface area contributed by atoms with Crippen LogP contribution in [0, 0.1) is 5.92 Å². The van der Waals surface area contributed by atoms with E-state index in [2.05, 4.69) is 15.0 Å². The zero-order valence-electron chi connectivity index (χ0n) is 33.2. The number of H-pyrrole nitrogens is 2. The van der Waals surface area contributed by atoms with Gasteiger partial charge in [-0.3, -0.25) is 14.3 Å². The van der Waals surface area contributed by atoms with Crippen LogP contribution in [0.25, 0.3) is 28.6 Å². The molecule has 0 saturated heterocycles. The fourth-order valence-corrected chi connectivity index (χ4v) is 5.93. The summed E-state index contributed by atoms with van der Waals surface area (Å²) in [6.07, 6.45) is 8.67. The van der Waals surface area contributed by atoms with Crippen LogP contribution in [0.5, 0.6) is 0 Å². The number of aromatic amines is 2. The number of methoxy groups -OCH3 is 1. The number of nitrogens with zero attached hydrogens (tertiary/aromatic N) is 2. The molecule has 17 heteroatoms. The zero-order valence-corrected chi connectivity index (χ0v) is 33.2. The van der Waals surface area contributed by atoms with Gasteiger partial charge in [0, 0.05) is 25.3 Å². The number of hydrogen-bond acceptors (Lipinski definition) is 14. The maximum absolute atomic E-state index is 12.7. The monoisotopic (exact) mass is 804 g/mol. The van der Waals surface area contributed by atoms with Crippen molar-refractivity contribution in [2.45, 2.75) is 38.6 Å². The molecule has 318 valence electrons. The smallest absolute Gasteiger partial charge is 0.330 e. The lowest BCUT2D eigenvalue weighted by Crippen LogP contribution is -2.32. The molecule has 2 aromatic heterocycles. The van der Waals surface area contributed by atoms with Gasteiger partial charge in [-0.15, -0.1) is 0 Å². The summed E-state index contributed by atoms with van der Waals surface area (Å²) in [6, 6.07) is 7.32. The molecule has 1 aromatic carbocycles. The second kappa shape index (κ2) is 28.6. The van der Waals surface area contributed by atoms with Gasteiger partial charge in [-0.25, -0.2) is 14.6 Å². The molecule has 1 saturated carbocycles. The predicted molar refractivity (Wildman–Crippen MR) is 211 cm³/mol. The van der Waals surface area contributed by atoms with E-state index in [1.165, 1.54) is 12.5 Å². The summed E-state index contributed by atoms with van der Waals surface area (Å²) in [5, 5.41) is 0. The van der Waals surface area contributed by atoms with Crippen molar-refractivity contribution in [2.75, 3.05) is 126 Å². The Morgan fingerprint density at radius 2 is 1.14 bits per heavy atom. The van der Waals surface area contributed by atoms with E-state index < -0.39 is 17.2 Å². The molecule has 0 amide bonds. The minimum atomic E-state index is -0.513. The van der Waals surface area contributed by atoms with Crippen LogP contribution in [-0.4, -0.2) is 152 Å². The number of imidazole rings is 1. The average Bonchev–Trinajstić information content (AvgIpc) is 3.68. The number of ether oxygens (including phenoxy) is 10. The molecule has 0 aliphatic heterocycles. The highest BCUT2D eigenvalue weighted by Crippen LogP contribution is 2.26. The van der Waals surface area contributed by atoms with Crippen molar-refractivity contribution in [1.82, 2.24) is 19.5 Å². The molecule has 0 spiro atoms. The Hall–Kier alpha value is -3.78. The van der Waals surface area contributed by atoms with Gasteiger partial charge >= 0.3 is 11.7 Å². The van der Waals surface area contributed by atoms with Gasteiger partial charge in [0.1, 0.15) is 18.1 Å².